The maximum atomic E-state index is 13.1. The minimum Gasteiger partial charge on any atom is -0.454 e. The summed E-state index contributed by atoms with van der Waals surface area (Å²) in [6.45, 7) is 7.67. The van der Waals surface area contributed by atoms with Crippen molar-refractivity contribution in [2.24, 2.45) is 11.8 Å². The summed E-state index contributed by atoms with van der Waals surface area (Å²) in [5.41, 5.74) is 2.27. The van der Waals surface area contributed by atoms with E-state index in [0.717, 1.165) is 11.3 Å². The standard InChI is InChI=1S/C27H34N4O5/c1-17(2)15-28-26(33)24(30-25(32)20-6-9-22-23(14-20)36-16-35-22)19-10-12-31(13-11-19)27(34)29-21-7-4-18(3)5-8-21/h4-9,14,17,19,24H,10-13,15-16H2,1-3H3,(H,28,33)(H,29,34)(H,30,32)/t24-/m0/s1. The number of benzene rings is 2. The Bertz CT molecular complexity index is 1090. The molecule has 4 amide bonds. The van der Waals surface area contributed by atoms with Gasteiger partial charge in [0.25, 0.3) is 5.91 Å². The van der Waals surface area contributed by atoms with Crippen molar-refractivity contribution in [3.8, 4) is 11.5 Å². The number of amides is 4. The van der Waals surface area contributed by atoms with E-state index in [1.807, 2.05) is 45.0 Å². The number of piperidine rings is 1. The second-order valence-corrected chi connectivity index (χ2v) is 9.78. The number of aryl methyl sites for hydroxylation is 1. The van der Waals surface area contributed by atoms with Crippen LogP contribution in [0.4, 0.5) is 10.5 Å². The van der Waals surface area contributed by atoms with E-state index in [4.69, 9.17) is 9.47 Å². The lowest BCUT2D eigenvalue weighted by atomic mass is 9.88. The molecule has 1 fully saturated rings. The first-order chi connectivity index (χ1) is 17.3. The van der Waals surface area contributed by atoms with E-state index in [1.165, 1.54) is 0 Å². The number of fused-ring (bicyclic) bond motifs is 1. The van der Waals surface area contributed by atoms with Crippen LogP contribution in [-0.2, 0) is 4.79 Å². The van der Waals surface area contributed by atoms with Crippen LogP contribution in [0.5, 0.6) is 11.5 Å². The van der Waals surface area contributed by atoms with Crippen LogP contribution in [0.2, 0.25) is 0 Å². The molecule has 4 rings (SSSR count). The van der Waals surface area contributed by atoms with Crippen molar-refractivity contribution < 1.29 is 23.9 Å². The molecule has 9 nitrogen and oxygen atoms in total. The van der Waals surface area contributed by atoms with Crippen LogP contribution in [0.15, 0.2) is 42.5 Å². The van der Waals surface area contributed by atoms with Gasteiger partial charge in [-0.1, -0.05) is 31.5 Å². The van der Waals surface area contributed by atoms with E-state index < -0.39 is 6.04 Å². The molecule has 9 heteroatoms. The quantitative estimate of drug-likeness (QED) is 0.546. The molecule has 0 unspecified atom stereocenters. The Hall–Kier alpha value is -3.75. The summed E-state index contributed by atoms with van der Waals surface area (Å²) in [5.74, 6) is 0.730. The summed E-state index contributed by atoms with van der Waals surface area (Å²) < 4.78 is 10.7. The number of nitrogens with zero attached hydrogens (tertiary/aromatic N) is 1. The van der Waals surface area contributed by atoms with Crippen molar-refractivity contribution in [1.29, 1.82) is 0 Å². The summed E-state index contributed by atoms with van der Waals surface area (Å²) >= 11 is 0. The molecule has 3 N–H and O–H groups in total. The average Bonchev–Trinajstić information content (AvgIpc) is 3.35. The van der Waals surface area contributed by atoms with Crippen molar-refractivity contribution in [3.05, 3.63) is 53.6 Å². The van der Waals surface area contributed by atoms with Gasteiger partial charge in [0, 0.05) is 30.9 Å². The summed E-state index contributed by atoms with van der Waals surface area (Å²) in [4.78, 5) is 40.7. The van der Waals surface area contributed by atoms with Gasteiger partial charge >= 0.3 is 6.03 Å². The Morgan fingerprint density at radius 3 is 2.39 bits per heavy atom. The molecule has 192 valence electrons. The van der Waals surface area contributed by atoms with E-state index >= 15 is 0 Å². The van der Waals surface area contributed by atoms with Crippen LogP contribution in [0, 0.1) is 18.8 Å². The third-order valence-corrected chi connectivity index (χ3v) is 6.49. The second kappa shape index (κ2) is 11.3. The summed E-state index contributed by atoms with van der Waals surface area (Å²) in [7, 11) is 0. The number of hydrogen-bond donors (Lipinski definition) is 3. The van der Waals surface area contributed by atoms with Gasteiger partial charge in [0.15, 0.2) is 11.5 Å². The van der Waals surface area contributed by atoms with Crippen LogP contribution < -0.4 is 25.4 Å². The zero-order valence-electron chi connectivity index (χ0n) is 21.0. The van der Waals surface area contributed by atoms with E-state index in [-0.39, 0.29) is 36.5 Å². The molecule has 1 atom stereocenters. The first-order valence-electron chi connectivity index (χ1n) is 12.4. The Kier molecular flexibility index (Phi) is 7.97. The normalized spacial score (nSPS) is 15.9. The number of urea groups is 1. The molecule has 2 aliphatic heterocycles. The number of carbonyl (C=O) groups excluding carboxylic acids is 3. The summed E-state index contributed by atoms with van der Waals surface area (Å²) in [6, 6.07) is 11.8. The molecule has 2 aromatic rings. The molecule has 2 aliphatic rings. The van der Waals surface area contributed by atoms with Gasteiger partial charge in [0.1, 0.15) is 6.04 Å². The zero-order valence-corrected chi connectivity index (χ0v) is 21.0. The van der Waals surface area contributed by atoms with Gasteiger partial charge < -0.3 is 30.3 Å². The highest BCUT2D eigenvalue weighted by atomic mass is 16.7. The van der Waals surface area contributed by atoms with Gasteiger partial charge in [-0.25, -0.2) is 4.79 Å². The summed E-state index contributed by atoms with van der Waals surface area (Å²) in [6.07, 6.45) is 1.20. The van der Waals surface area contributed by atoms with Gasteiger partial charge in [-0.05, 0) is 61.9 Å². The largest absolute Gasteiger partial charge is 0.454 e. The van der Waals surface area contributed by atoms with Gasteiger partial charge in [0.2, 0.25) is 12.7 Å². The fraction of sp³-hybridized carbons (Fsp3) is 0.444. The maximum Gasteiger partial charge on any atom is 0.321 e. The van der Waals surface area contributed by atoms with E-state index in [0.29, 0.717) is 49.5 Å². The molecule has 1 saturated heterocycles. The minimum absolute atomic E-state index is 0.0986. The highest BCUT2D eigenvalue weighted by molar-refractivity contribution is 5.98. The predicted molar refractivity (Wildman–Crippen MR) is 136 cm³/mol. The van der Waals surface area contributed by atoms with Crippen molar-refractivity contribution >= 4 is 23.5 Å². The third-order valence-electron chi connectivity index (χ3n) is 6.49. The summed E-state index contributed by atoms with van der Waals surface area (Å²) in [5, 5.41) is 8.83. The molecule has 0 spiro atoms. The molecule has 0 aliphatic carbocycles. The fourth-order valence-corrected chi connectivity index (χ4v) is 4.35. The maximum absolute atomic E-state index is 13.1. The minimum atomic E-state index is -0.705. The first-order valence-corrected chi connectivity index (χ1v) is 12.4. The van der Waals surface area contributed by atoms with Gasteiger partial charge in [-0.2, -0.15) is 0 Å². The lowest BCUT2D eigenvalue weighted by Gasteiger charge is -2.36. The monoisotopic (exact) mass is 494 g/mol. The smallest absolute Gasteiger partial charge is 0.321 e. The average molecular weight is 495 g/mol. The Balaban J connectivity index is 1.40. The highest BCUT2D eigenvalue weighted by Gasteiger charge is 2.34. The zero-order chi connectivity index (χ0) is 25.7. The SMILES string of the molecule is Cc1ccc(NC(=O)N2CCC([C@H](NC(=O)c3ccc4c(c3)OCO4)C(=O)NCC(C)C)CC2)cc1. The van der Waals surface area contributed by atoms with Crippen molar-refractivity contribution in [2.75, 3.05) is 31.7 Å². The third kappa shape index (κ3) is 6.27. The number of carbonyl (C=O) groups is 3. The van der Waals surface area contributed by atoms with Crippen LogP contribution >= 0.6 is 0 Å². The number of likely N-dealkylation sites (tertiary alicyclic amines) is 1. The second-order valence-electron chi connectivity index (χ2n) is 9.78. The number of anilines is 1. The molecule has 0 aromatic heterocycles. The molecule has 0 saturated carbocycles. The highest BCUT2D eigenvalue weighted by Crippen LogP contribution is 2.32. The number of rotatable bonds is 7. The topological polar surface area (TPSA) is 109 Å². The molecule has 0 radical (unpaired) electrons. The Morgan fingerprint density at radius 2 is 1.69 bits per heavy atom. The number of nitrogens with one attached hydrogen (secondary N) is 3. The molecular formula is C27H34N4O5. The Labute approximate surface area is 211 Å². The van der Waals surface area contributed by atoms with Gasteiger partial charge in [-0.15, -0.1) is 0 Å². The number of hydrogen-bond acceptors (Lipinski definition) is 5. The molecule has 36 heavy (non-hydrogen) atoms. The van der Waals surface area contributed by atoms with Crippen LogP contribution in [-0.4, -0.2) is 55.2 Å². The van der Waals surface area contributed by atoms with E-state index in [2.05, 4.69) is 16.0 Å². The van der Waals surface area contributed by atoms with Crippen LogP contribution in [0.25, 0.3) is 0 Å². The lowest BCUT2D eigenvalue weighted by Crippen LogP contribution is -2.54. The lowest BCUT2D eigenvalue weighted by molar-refractivity contribution is -0.124. The van der Waals surface area contributed by atoms with E-state index in [1.54, 1.807) is 23.1 Å². The van der Waals surface area contributed by atoms with Crippen molar-refractivity contribution in [1.82, 2.24) is 15.5 Å². The van der Waals surface area contributed by atoms with E-state index in [9.17, 15) is 14.4 Å². The van der Waals surface area contributed by atoms with Crippen molar-refractivity contribution in [2.45, 2.75) is 39.7 Å². The predicted octanol–water partition coefficient (Wildman–Crippen LogP) is 3.54. The molecule has 2 heterocycles. The molecular weight excluding hydrogens is 460 g/mol. The Morgan fingerprint density at radius 1 is 1.00 bits per heavy atom. The molecule has 0 bridgehead atoms. The van der Waals surface area contributed by atoms with Gasteiger partial charge in [0.05, 0.1) is 0 Å². The van der Waals surface area contributed by atoms with Crippen LogP contribution in [0.1, 0.15) is 42.6 Å². The molecule has 2 aromatic carbocycles. The van der Waals surface area contributed by atoms with Crippen LogP contribution in [0.3, 0.4) is 0 Å². The van der Waals surface area contributed by atoms with Crippen molar-refractivity contribution in [3.63, 3.8) is 0 Å². The van der Waals surface area contributed by atoms with Gasteiger partial charge in [-0.3, -0.25) is 9.59 Å². The first kappa shape index (κ1) is 25.3. The fourth-order valence-electron chi connectivity index (χ4n) is 4.35. The number of ether oxygens (including phenoxy) is 2.